The topological polar surface area (TPSA) is 32.3 Å². The SMILES string of the molecule is O=CN1CCC(CCC2CCNCC2)CC1. The van der Waals surface area contributed by atoms with E-state index in [4.69, 9.17) is 0 Å². The van der Waals surface area contributed by atoms with E-state index in [9.17, 15) is 4.79 Å². The molecule has 2 fully saturated rings. The number of rotatable bonds is 4. The van der Waals surface area contributed by atoms with E-state index in [0.717, 1.165) is 31.3 Å². The van der Waals surface area contributed by atoms with E-state index >= 15 is 0 Å². The molecule has 3 heteroatoms. The van der Waals surface area contributed by atoms with Crippen LogP contribution in [0.2, 0.25) is 0 Å². The molecule has 2 aliphatic rings. The van der Waals surface area contributed by atoms with Gasteiger partial charge in [-0.25, -0.2) is 0 Å². The number of nitrogens with zero attached hydrogens (tertiary/aromatic N) is 1. The van der Waals surface area contributed by atoms with Crippen LogP contribution in [0.25, 0.3) is 0 Å². The van der Waals surface area contributed by atoms with Crippen molar-refractivity contribution in [2.24, 2.45) is 11.8 Å². The van der Waals surface area contributed by atoms with Gasteiger partial charge in [-0.2, -0.15) is 0 Å². The molecule has 1 amide bonds. The predicted molar refractivity (Wildman–Crippen MR) is 65.2 cm³/mol. The standard InChI is InChI=1S/C13H24N2O/c16-11-15-9-5-13(6-10-15)2-1-12-3-7-14-8-4-12/h11-14H,1-10H2. The highest BCUT2D eigenvalue weighted by Crippen LogP contribution is 2.26. The van der Waals surface area contributed by atoms with Crippen molar-refractivity contribution < 1.29 is 4.79 Å². The fourth-order valence-corrected chi connectivity index (χ4v) is 2.99. The molecule has 0 atom stereocenters. The quantitative estimate of drug-likeness (QED) is 0.736. The molecule has 2 aliphatic heterocycles. The van der Waals surface area contributed by atoms with Gasteiger partial charge >= 0.3 is 0 Å². The molecule has 2 heterocycles. The average molecular weight is 224 g/mol. The van der Waals surface area contributed by atoms with Crippen LogP contribution in [0.15, 0.2) is 0 Å². The average Bonchev–Trinajstić information content (AvgIpc) is 2.38. The smallest absolute Gasteiger partial charge is 0.209 e. The van der Waals surface area contributed by atoms with Crippen LogP contribution >= 0.6 is 0 Å². The first-order chi connectivity index (χ1) is 7.88. The van der Waals surface area contributed by atoms with Gasteiger partial charge in [-0.3, -0.25) is 4.79 Å². The Hall–Kier alpha value is -0.570. The largest absolute Gasteiger partial charge is 0.345 e. The van der Waals surface area contributed by atoms with E-state index < -0.39 is 0 Å². The van der Waals surface area contributed by atoms with Crippen LogP contribution in [0.5, 0.6) is 0 Å². The highest BCUT2D eigenvalue weighted by molar-refractivity contribution is 5.47. The predicted octanol–water partition coefficient (Wildman–Crippen LogP) is 1.63. The highest BCUT2D eigenvalue weighted by Gasteiger charge is 2.20. The second kappa shape index (κ2) is 6.24. The molecule has 0 saturated carbocycles. The summed E-state index contributed by atoms with van der Waals surface area (Å²) < 4.78 is 0. The molecule has 2 rings (SSSR count). The van der Waals surface area contributed by atoms with Gasteiger partial charge in [0.2, 0.25) is 6.41 Å². The third-order valence-corrected chi connectivity index (χ3v) is 4.24. The third-order valence-electron chi connectivity index (χ3n) is 4.24. The Morgan fingerprint density at radius 3 is 2.12 bits per heavy atom. The Morgan fingerprint density at radius 2 is 1.56 bits per heavy atom. The van der Waals surface area contributed by atoms with Gasteiger partial charge in [-0.05, 0) is 50.6 Å². The zero-order valence-corrected chi connectivity index (χ0v) is 10.2. The number of likely N-dealkylation sites (tertiary alicyclic amines) is 1. The first-order valence-electron chi connectivity index (χ1n) is 6.78. The summed E-state index contributed by atoms with van der Waals surface area (Å²) in [5.74, 6) is 1.84. The van der Waals surface area contributed by atoms with Gasteiger partial charge in [0.25, 0.3) is 0 Å². The van der Waals surface area contributed by atoms with Gasteiger partial charge in [-0.15, -0.1) is 0 Å². The lowest BCUT2D eigenvalue weighted by atomic mass is 9.86. The van der Waals surface area contributed by atoms with Gasteiger partial charge in [0.1, 0.15) is 0 Å². The number of carbonyl (C=O) groups excluding carboxylic acids is 1. The summed E-state index contributed by atoms with van der Waals surface area (Å²) in [7, 11) is 0. The van der Waals surface area contributed by atoms with Crippen molar-refractivity contribution in [3.05, 3.63) is 0 Å². The first-order valence-corrected chi connectivity index (χ1v) is 6.78. The van der Waals surface area contributed by atoms with E-state index in [1.165, 1.54) is 51.6 Å². The lowest BCUT2D eigenvalue weighted by Gasteiger charge is -2.30. The van der Waals surface area contributed by atoms with Crippen LogP contribution in [0.4, 0.5) is 0 Å². The summed E-state index contributed by atoms with van der Waals surface area (Å²) in [6.45, 7) is 4.41. The van der Waals surface area contributed by atoms with Crippen LogP contribution in [-0.4, -0.2) is 37.5 Å². The van der Waals surface area contributed by atoms with E-state index in [2.05, 4.69) is 5.32 Å². The highest BCUT2D eigenvalue weighted by atomic mass is 16.1. The summed E-state index contributed by atoms with van der Waals surface area (Å²) in [5.41, 5.74) is 0. The Morgan fingerprint density at radius 1 is 1.00 bits per heavy atom. The Balaban J connectivity index is 1.61. The van der Waals surface area contributed by atoms with E-state index in [1.807, 2.05) is 4.90 Å². The van der Waals surface area contributed by atoms with Crippen molar-refractivity contribution in [2.45, 2.75) is 38.5 Å². The third kappa shape index (κ3) is 3.48. The zero-order valence-electron chi connectivity index (χ0n) is 10.2. The molecule has 1 N–H and O–H groups in total. The van der Waals surface area contributed by atoms with Crippen molar-refractivity contribution in [1.29, 1.82) is 0 Å². The maximum absolute atomic E-state index is 10.6. The van der Waals surface area contributed by atoms with Crippen molar-refractivity contribution in [3.8, 4) is 0 Å². The second-order valence-electron chi connectivity index (χ2n) is 5.36. The minimum absolute atomic E-state index is 0.881. The number of amides is 1. The normalized spacial score (nSPS) is 24.6. The molecule has 0 bridgehead atoms. The van der Waals surface area contributed by atoms with Crippen molar-refractivity contribution >= 4 is 6.41 Å². The van der Waals surface area contributed by atoms with Gasteiger partial charge in [0.05, 0.1) is 0 Å². The summed E-state index contributed by atoms with van der Waals surface area (Å²) in [5, 5.41) is 3.42. The number of hydrogen-bond donors (Lipinski definition) is 1. The van der Waals surface area contributed by atoms with Gasteiger partial charge in [-0.1, -0.05) is 12.8 Å². The molecule has 0 aromatic rings. The minimum atomic E-state index is 0.881. The molecule has 0 spiro atoms. The molecular weight excluding hydrogens is 200 g/mol. The molecule has 3 nitrogen and oxygen atoms in total. The summed E-state index contributed by atoms with van der Waals surface area (Å²) in [6, 6.07) is 0. The number of carbonyl (C=O) groups is 1. The summed E-state index contributed by atoms with van der Waals surface area (Å²) >= 11 is 0. The van der Waals surface area contributed by atoms with Crippen LogP contribution in [0.3, 0.4) is 0 Å². The summed E-state index contributed by atoms with van der Waals surface area (Å²) in [4.78, 5) is 12.5. The Bertz CT molecular complexity index is 206. The zero-order chi connectivity index (χ0) is 11.2. The van der Waals surface area contributed by atoms with Crippen LogP contribution in [0, 0.1) is 11.8 Å². The maximum atomic E-state index is 10.6. The molecule has 0 radical (unpaired) electrons. The fourth-order valence-electron chi connectivity index (χ4n) is 2.99. The Labute approximate surface area is 98.6 Å². The second-order valence-corrected chi connectivity index (χ2v) is 5.36. The molecule has 0 unspecified atom stereocenters. The van der Waals surface area contributed by atoms with Crippen molar-refractivity contribution in [2.75, 3.05) is 26.2 Å². The molecular formula is C13H24N2O. The molecule has 0 aliphatic carbocycles. The molecule has 2 saturated heterocycles. The fraction of sp³-hybridized carbons (Fsp3) is 0.923. The number of nitrogens with one attached hydrogen (secondary N) is 1. The monoisotopic (exact) mass is 224 g/mol. The lowest BCUT2D eigenvalue weighted by Crippen LogP contribution is -2.33. The van der Waals surface area contributed by atoms with Gasteiger partial charge < -0.3 is 10.2 Å². The molecule has 16 heavy (non-hydrogen) atoms. The molecule has 92 valence electrons. The maximum Gasteiger partial charge on any atom is 0.209 e. The van der Waals surface area contributed by atoms with Gasteiger partial charge in [0.15, 0.2) is 0 Å². The number of piperidine rings is 2. The minimum Gasteiger partial charge on any atom is -0.345 e. The Kier molecular flexibility index (Phi) is 4.64. The number of hydrogen-bond acceptors (Lipinski definition) is 2. The van der Waals surface area contributed by atoms with Crippen LogP contribution in [-0.2, 0) is 4.79 Å². The van der Waals surface area contributed by atoms with Crippen molar-refractivity contribution in [3.63, 3.8) is 0 Å². The summed E-state index contributed by atoms with van der Waals surface area (Å²) in [6.07, 6.45) is 8.99. The molecule has 0 aromatic heterocycles. The van der Waals surface area contributed by atoms with Crippen molar-refractivity contribution in [1.82, 2.24) is 10.2 Å². The lowest BCUT2D eigenvalue weighted by molar-refractivity contribution is -0.119. The van der Waals surface area contributed by atoms with E-state index in [0.29, 0.717) is 0 Å². The van der Waals surface area contributed by atoms with E-state index in [1.54, 1.807) is 0 Å². The van der Waals surface area contributed by atoms with Crippen LogP contribution in [0.1, 0.15) is 38.5 Å². The van der Waals surface area contributed by atoms with E-state index in [-0.39, 0.29) is 0 Å². The van der Waals surface area contributed by atoms with Crippen LogP contribution < -0.4 is 5.32 Å². The molecule has 0 aromatic carbocycles. The first kappa shape index (κ1) is 11.9. The van der Waals surface area contributed by atoms with Gasteiger partial charge in [0, 0.05) is 13.1 Å².